The van der Waals surface area contributed by atoms with E-state index >= 15 is 0 Å². The number of rotatable bonds is 7. The number of ether oxygens (including phenoxy) is 1. The summed E-state index contributed by atoms with van der Waals surface area (Å²) in [7, 11) is -3.41. The SMILES string of the molecule is Cc1ccc(C(NC(=O)c2ccc(CS(=O)(=O)N3CCOCC3)cc2)c2ccccc2)cc1. The number of carbonyl (C=O) groups excluding carboxylic acids is 1. The van der Waals surface area contributed by atoms with Crippen molar-refractivity contribution in [2.24, 2.45) is 0 Å². The van der Waals surface area contributed by atoms with E-state index in [1.807, 2.05) is 61.5 Å². The molecule has 1 aliphatic rings. The quantitative estimate of drug-likeness (QED) is 0.579. The molecule has 1 saturated heterocycles. The molecule has 1 atom stereocenters. The average molecular weight is 465 g/mol. The first-order valence-electron chi connectivity index (χ1n) is 11.0. The molecule has 3 aromatic carbocycles. The number of benzene rings is 3. The van der Waals surface area contributed by atoms with Crippen LogP contribution in [-0.4, -0.2) is 44.9 Å². The predicted molar refractivity (Wildman–Crippen MR) is 128 cm³/mol. The van der Waals surface area contributed by atoms with E-state index in [4.69, 9.17) is 4.74 Å². The first kappa shape index (κ1) is 23.2. The van der Waals surface area contributed by atoms with Crippen LogP contribution >= 0.6 is 0 Å². The largest absolute Gasteiger partial charge is 0.379 e. The van der Waals surface area contributed by atoms with Gasteiger partial charge in [0.1, 0.15) is 0 Å². The molecule has 0 saturated carbocycles. The van der Waals surface area contributed by atoms with Crippen LogP contribution in [0.25, 0.3) is 0 Å². The van der Waals surface area contributed by atoms with Crippen LogP contribution in [0.4, 0.5) is 0 Å². The number of aryl methyl sites for hydroxylation is 1. The molecule has 1 aliphatic heterocycles. The van der Waals surface area contributed by atoms with Gasteiger partial charge >= 0.3 is 0 Å². The van der Waals surface area contributed by atoms with E-state index in [2.05, 4.69) is 5.32 Å². The van der Waals surface area contributed by atoms with Gasteiger partial charge in [0.25, 0.3) is 5.91 Å². The fourth-order valence-corrected chi connectivity index (χ4v) is 5.36. The van der Waals surface area contributed by atoms with Crippen molar-refractivity contribution in [2.75, 3.05) is 26.3 Å². The second kappa shape index (κ2) is 10.3. The van der Waals surface area contributed by atoms with E-state index in [1.165, 1.54) is 4.31 Å². The third-order valence-electron chi connectivity index (χ3n) is 5.75. The zero-order valence-electron chi connectivity index (χ0n) is 18.6. The van der Waals surface area contributed by atoms with Crippen molar-refractivity contribution in [1.29, 1.82) is 0 Å². The lowest BCUT2D eigenvalue weighted by Crippen LogP contribution is -2.41. The number of morpholine rings is 1. The maximum Gasteiger partial charge on any atom is 0.252 e. The topological polar surface area (TPSA) is 75.7 Å². The lowest BCUT2D eigenvalue weighted by molar-refractivity contribution is 0.0729. The Morgan fingerprint density at radius 2 is 1.52 bits per heavy atom. The fraction of sp³-hybridized carbons (Fsp3) is 0.269. The van der Waals surface area contributed by atoms with Gasteiger partial charge in [-0.15, -0.1) is 0 Å². The molecule has 7 heteroatoms. The van der Waals surface area contributed by atoms with Crippen molar-refractivity contribution in [3.05, 3.63) is 107 Å². The van der Waals surface area contributed by atoms with Crippen molar-refractivity contribution < 1.29 is 17.9 Å². The van der Waals surface area contributed by atoms with Gasteiger partial charge < -0.3 is 10.1 Å². The Bertz CT molecular complexity index is 1170. The molecular weight excluding hydrogens is 436 g/mol. The second-order valence-electron chi connectivity index (χ2n) is 8.19. The molecule has 1 N–H and O–H groups in total. The summed E-state index contributed by atoms with van der Waals surface area (Å²) in [5, 5.41) is 3.13. The molecule has 3 aromatic rings. The highest BCUT2D eigenvalue weighted by atomic mass is 32.2. The Labute approximate surface area is 195 Å². The predicted octanol–water partition coefficient (Wildman–Crippen LogP) is 3.68. The van der Waals surface area contributed by atoms with E-state index in [1.54, 1.807) is 24.3 Å². The average Bonchev–Trinajstić information content (AvgIpc) is 2.84. The van der Waals surface area contributed by atoms with E-state index < -0.39 is 10.0 Å². The minimum Gasteiger partial charge on any atom is -0.379 e. The maximum absolute atomic E-state index is 13.1. The Morgan fingerprint density at radius 1 is 0.909 bits per heavy atom. The van der Waals surface area contributed by atoms with Crippen LogP contribution in [-0.2, 0) is 20.5 Å². The molecule has 0 spiro atoms. The zero-order valence-corrected chi connectivity index (χ0v) is 19.4. The Balaban J connectivity index is 1.49. The molecule has 4 rings (SSSR count). The minimum absolute atomic E-state index is 0.0924. The summed E-state index contributed by atoms with van der Waals surface area (Å²) in [4.78, 5) is 13.1. The summed E-state index contributed by atoms with van der Waals surface area (Å²) in [6.45, 7) is 3.62. The highest BCUT2D eigenvalue weighted by molar-refractivity contribution is 7.88. The van der Waals surface area contributed by atoms with Gasteiger partial charge in [0.15, 0.2) is 0 Å². The van der Waals surface area contributed by atoms with Crippen LogP contribution in [0.1, 0.15) is 38.7 Å². The lowest BCUT2D eigenvalue weighted by atomic mass is 9.97. The van der Waals surface area contributed by atoms with Crippen LogP contribution in [0.5, 0.6) is 0 Å². The molecule has 33 heavy (non-hydrogen) atoms. The van der Waals surface area contributed by atoms with E-state index in [0.717, 1.165) is 16.7 Å². The molecule has 1 unspecified atom stereocenters. The van der Waals surface area contributed by atoms with Gasteiger partial charge in [0.05, 0.1) is 25.0 Å². The molecule has 0 bridgehead atoms. The molecule has 172 valence electrons. The zero-order chi connectivity index (χ0) is 23.3. The minimum atomic E-state index is -3.41. The molecule has 1 amide bonds. The third-order valence-corrected chi connectivity index (χ3v) is 7.60. The number of amides is 1. The number of sulfonamides is 1. The number of hydrogen-bond donors (Lipinski definition) is 1. The van der Waals surface area contributed by atoms with Crippen LogP contribution in [0.2, 0.25) is 0 Å². The molecule has 0 aromatic heterocycles. The number of carbonyl (C=O) groups is 1. The first-order chi connectivity index (χ1) is 15.9. The standard InChI is InChI=1S/C26H28N2O4S/c1-20-7-11-23(12-8-20)25(22-5-3-2-4-6-22)27-26(29)24-13-9-21(10-14-24)19-33(30,31)28-15-17-32-18-16-28/h2-14,25H,15-19H2,1H3,(H,27,29). The van der Waals surface area contributed by atoms with Gasteiger partial charge in [-0.2, -0.15) is 4.31 Å². The number of nitrogens with one attached hydrogen (secondary N) is 1. The van der Waals surface area contributed by atoms with Crippen LogP contribution in [0, 0.1) is 6.92 Å². The molecule has 0 radical (unpaired) electrons. The van der Waals surface area contributed by atoms with Gasteiger partial charge in [0, 0.05) is 18.7 Å². The van der Waals surface area contributed by atoms with Gasteiger partial charge in [-0.05, 0) is 35.7 Å². The smallest absolute Gasteiger partial charge is 0.252 e. The monoisotopic (exact) mass is 464 g/mol. The summed E-state index contributed by atoms with van der Waals surface area (Å²) in [5.41, 5.74) is 4.27. The van der Waals surface area contributed by atoms with Crippen molar-refractivity contribution >= 4 is 15.9 Å². The summed E-state index contributed by atoms with van der Waals surface area (Å²) in [6.07, 6.45) is 0. The molecule has 6 nitrogen and oxygen atoms in total. The van der Waals surface area contributed by atoms with E-state index in [-0.39, 0.29) is 17.7 Å². The normalized spacial score (nSPS) is 15.7. The van der Waals surface area contributed by atoms with Crippen LogP contribution < -0.4 is 5.32 Å². The second-order valence-corrected chi connectivity index (χ2v) is 10.2. The summed E-state index contributed by atoms with van der Waals surface area (Å²) in [5.74, 6) is -0.308. The number of hydrogen-bond acceptors (Lipinski definition) is 4. The van der Waals surface area contributed by atoms with Crippen molar-refractivity contribution in [3.8, 4) is 0 Å². The molecule has 1 fully saturated rings. The summed E-state index contributed by atoms with van der Waals surface area (Å²) < 4.78 is 32.0. The Hall–Kier alpha value is -3.00. The van der Waals surface area contributed by atoms with Crippen molar-refractivity contribution in [1.82, 2.24) is 9.62 Å². The fourth-order valence-electron chi connectivity index (χ4n) is 3.86. The summed E-state index contributed by atoms with van der Waals surface area (Å²) >= 11 is 0. The first-order valence-corrected chi connectivity index (χ1v) is 12.6. The molecule has 0 aliphatic carbocycles. The van der Waals surface area contributed by atoms with E-state index in [0.29, 0.717) is 37.4 Å². The third kappa shape index (κ3) is 5.87. The van der Waals surface area contributed by atoms with Gasteiger partial charge in [0.2, 0.25) is 10.0 Å². The summed E-state index contributed by atoms with van der Waals surface area (Å²) in [6, 6.07) is 24.4. The van der Waals surface area contributed by atoms with Crippen molar-refractivity contribution in [3.63, 3.8) is 0 Å². The van der Waals surface area contributed by atoms with E-state index in [9.17, 15) is 13.2 Å². The van der Waals surface area contributed by atoms with Gasteiger partial charge in [-0.1, -0.05) is 72.3 Å². The Kier molecular flexibility index (Phi) is 7.23. The highest BCUT2D eigenvalue weighted by Gasteiger charge is 2.25. The lowest BCUT2D eigenvalue weighted by Gasteiger charge is -2.26. The van der Waals surface area contributed by atoms with Crippen LogP contribution in [0.3, 0.4) is 0 Å². The molecule has 1 heterocycles. The maximum atomic E-state index is 13.1. The Morgan fingerprint density at radius 3 is 2.15 bits per heavy atom. The highest BCUT2D eigenvalue weighted by Crippen LogP contribution is 2.23. The molecular formula is C26H28N2O4S. The van der Waals surface area contributed by atoms with Crippen molar-refractivity contribution in [2.45, 2.75) is 18.7 Å². The number of nitrogens with zero attached hydrogens (tertiary/aromatic N) is 1. The van der Waals surface area contributed by atoms with Gasteiger partial charge in [-0.25, -0.2) is 8.42 Å². The van der Waals surface area contributed by atoms with Gasteiger partial charge in [-0.3, -0.25) is 4.79 Å². The van der Waals surface area contributed by atoms with Crippen LogP contribution in [0.15, 0.2) is 78.9 Å².